The summed E-state index contributed by atoms with van der Waals surface area (Å²) in [6.07, 6.45) is 5.10. The third-order valence-corrected chi connectivity index (χ3v) is 5.59. The van der Waals surface area contributed by atoms with Crippen LogP contribution in [-0.2, 0) is 16.0 Å². The molecule has 1 aliphatic rings. The SMILES string of the molecule is O=C(CCCc1ccc(-c2cc(C(=O)N3CCOCC3)ccc2F)cc1)Nc1cccnc1. The highest BCUT2D eigenvalue weighted by Gasteiger charge is 2.20. The molecule has 4 rings (SSSR count). The average molecular weight is 448 g/mol. The zero-order chi connectivity index (χ0) is 23.0. The summed E-state index contributed by atoms with van der Waals surface area (Å²) in [5, 5.41) is 2.82. The third kappa shape index (κ3) is 6.02. The maximum Gasteiger partial charge on any atom is 0.254 e. The summed E-state index contributed by atoms with van der Waals surface area (Å²) in [7, 11) is 0. The Labute approximate surface area is 192 Å². The van der Waals surface area contributed by atoms with Crippen molar-refractivity contribution >= 4 is 17.5 Å². The monoisotopic (exact) mass is 447 g/mol. The molecule has 0 radical (unpaired) electrons. The number of anilines is 1. The molecule has 2 amide bonds. The number of rotatable bonds is 7. The molecule has 1 saturated heterocycles. The van der Waals surface area contributed by atoms with Gasteiger partial charge in [-0.15, -0.1) is 0 Å². The Hall–Kier alpha value is -3.58. The molecule has 170 valence electrons. The summed E-state index contributed by atoms with van der Waals surface area (Å²) >= 11 is 0. The number of carbonyl (C=O) groups is 2. The van der Waals surface area contributed by atoms with Gasteiger partial charge < -0.3 is 15.0 Å². The molecule has 6 nitrogen and oxygen atoms in total. The lowest BCUT2D eigenvalue weighted by Crippen LogP contribution is -2.40. The van der Waals surface area contributed by atoms with E-state index in [0.717, 1.165) is 12.0 Å². The minimum Gasteiger partial charge on any atom is -0.378 e. The van der Waals surface area contributed by atoms with Crippen molar-refractivity contribution in [3.63, 3.8) is 0 Å². The van der Waals surface area contributed by atoms with Crippen LogP contribution >= 0.6 is 0 Å². The maximum absolute atomic E-state index is 14.5. The number of nitrogens with zero attached hydrogens (tertiary/aromatic N) is 2. The zero-order valence-corrected chi connectivity index (χ0v) is 18.3. The van der Waals surface area contributed by atoms with E-state index in [1.807, 2.05) is 24.3 Å². The molecule has 1 fully saturated rings. The molecule has 0 unspecified atom stereocenters. The van der Waals surface area contributed by atoms with E-state index in [-0.39, 0.29) is 17.6 Å². The van der Waals surface area contributed by atoms with Crippen LogP contribution in [0.15, 0.2) is 67.0 Å². The lowest BCUT2D eigenvalue weighted by molar-refractivity contribution is -0.116. The fraction of sp³-hybridized carbons (Fsp3) is 0.269. The van der Waals surface area contributed by atoms with Gasteiger partial charge in [-0.25, -0.2) is 4.39 Å². The fourth-order valence-corrected chi connectivity index (χ4v) is 3.79. The van der Waals surface area contributed by atoms with Crippen molar-refractivity contribution in [2.24, 2.45) is 0 Å². The Morgan fingerprint density at radius 1 is 1.06 bits per heavy atom. The predicted octanol–water partition coefficient (Wildman–Crippen LogP) is 4.32. The average Bonchev–Trinajstić information content (AvgIpc) is 2.85. The van der Waals surface area contributed by atoms with Gasteiger partial charge in [-0.2, -0.15) is 0 Å². The van der Waals surface area contributed by atoms with Gasteiger partial charge in [0, 0.05) is 36.8 Å². The summed E-state index contributed by atoms with van der Waals surface area (Å²) in [4.78, 5) is 30.5. The van der Waals surface area contributed by atoms with E-state index in [9.17, 15) is 14.0 Å². The molecular weight excluding hydrogens is 421 g/mol. The molecule has 3 aromatic rings. The smallest absolute Gasteiger partial charge is 0.254 e. The Morgan fingerprint density at radius 3 is 2.58 bits per heavy atom. The molecule has 0 spiro atoms. The van der Waals surface area contributed by atoms with Crippen molar-refractivity contribution < 1.29 is 18.7 Å². The molecule has 1 aromatic heterocycles. The summed E-state index contributed by atoms with van der Waals surface area (Å²) in [6, 6.07) is 15.6. The first-order valence-corrected chi connectivity index (χ1v) is 11.1. The number of nitrogens with one attached hydrogen (secondary N) is 1. The highest BCUT2D eigenvalue weighted by atomic mass is 19.1. The van der Waals surface area contributed by atoms with E-state index >= 15 is 0 Å². The van der Waals surface area contributed by atoms with Gasteiger partial charge >= 0.3 is 0 Å². The van der Waals surface area contributed by atoms with E-state index in [4.69, 9.17) is 4.74 Å². The molecule has 1 aliphatic heterocycles. The number of ether oxygens (including phenoxy) is 1. The molecule has 33 heavy (non-hydrogen) atoms. The number of halogens is 1. The van der Waals surface area contributed by atoms with Crippen LogP contribution in [0, 0.1) is 5.82 Å². The van der Waals surface area contributed by atoms with E-state index in [1.165, 1.54) is 12.1 Å². The topological polar surface area (TPSA) is 71.5 Å². The number of pyridine rings is 1. The normalized spacial score (nSPS) is 13.5. The van der Waals surface area contributed by atoms with Gasteiger partial charge in [0.25, 0.3) is 5.91 Å². The second-order valence-corrected chi connectivity index (χ2v) is 7.94. The van der Waals surface area contributed by atoms with Crippen LogP contribution in [-0.4, -0.2) is 48.0 Å². The molecule has 2 aromatic carbocycles. The number of aryl methyl sites for hydroxylation is 1. The van der Waals surface area contributed by atoms with E-state index < -0.39 is 0 Å². The van der Waals surface area contributed by atoms with Crippen molar-refractivity contribution in [1.29, 1.82) is 0 Å². The first-order valence-electron chi connectivity index (χ1n) is 11.1. The number of morpholine rings is 1. The van der Waals surface area contributed by atoms with Crippen LogP contribution in [0.1, 0.15) is 28.8 Å². The Morgan fingerprint density at radius 2 is 1.85 bits per heavy atom. The van der Waals surface area contributed by atoms with Crippen molar-refractivity contribution in [2.75, 3.05) is 31.6 Å². The number of amides is 2. The fourth-order valence-electron chi connectivity index (χ4n) is 3.79. The molecule has 0 atom stereocenters. The van der Waals surface area contributed by atoms with Gasteiger partial charge in [-0.05, 0) is 54.3 Å². The predicted molar refractivity (Wildman–Crippen MR) is 124 cm³/mol. The molecule has 0 saturated carbocycles. The lowest BCUT2D eigenvalue weighted by Gasteiger charge is -2.27. The second kappa shape index (κ2) is 10.8. The van der Waals surface area contributed by atoms with Crippen LogP contribution in [0.2, 0.25) is 0 Å². The Balaban J connectivity index is 1.35. The van der Waals surface area contributed by atoms with Gasteiger partial charge in [-0.3, -0.25) is 14.6 Å². The van der Waals surface area contributed by atoms with Crippen molar-refractivity contribution in [2.45, 2.75) is 19.3 Å². The summed E-state index contributed by atoms with van der Waals surface area (Å²) in [6.45, 7) is 2.12. The van der Waals surface area contributed by atoms with Gasteiger partial charge in [0.1, 0.15) is 5.82 Å². The second-order valence-electron chi connectivity index (χ2n) is 7.94. The quantitative estimate of drug-likeness (QED) is 0.586. The molecular formula is C26H26FN3O3. The molecule has 1 N–H and O–H groups in total. The molecule has 0 bridgehead atoms. The zero-order valence-electron chi connectivity index (χ0n) is 18.3. The van der Waals surface area contributed by atoms with Crippen molar-refractivity contribution in [1.82, 2.24) is 9.88 Å². The Bertz CT molecular complexity index is 1100. The van der Waals surface area contributed by atoms with Crippen LogP contribution in [0.3, 0.4) is 0 Å². The number of benzene rings is 2. The van der Waals surface area contributed by atoms with Crippen molar-refractivity contribution in [3.05, 3.63) is 83.9 Å². The van der Waals surface area contributed by atoms with Crippen LogP contribution < -0.4 is 5.32 Å². The first kappa shape index (κ1) is 22.6. The Kier molecular flexibility index (Phi) is 7.42. The lowest BCUT2D eigenvalue weighted by atomic mass is 9.99. The summed E-state index contributed by atoms with van der Waals surface area (Å²) < 4.78 is 19.8. The third-order valence-electron chi connectivity index (χ3n) is 5.59. The number of aromatic nitrogens is 1. The maximum atomic E-state index is 14.5. The number of hydrogen-bond acceptors (Lipinski definition) is 4. The molecule has 7 heteroatoms. The van der Waals surface area contributed by atoms with E-state index in [2.05, 4.69) is 10.3 Å². The standard InChI is InChI=1S/C26H26FN3O3/c27-24-11-10-21(26(32)30-13-15-33-16-14-30)17-23(24)20-8-6-19(7-9-20)3-1-5-25(31)29-22-4-2-12-28-18-22/h2,4,6-12,17-18H,1,3,5,13-16H2,(H,29,31). The van der Waals surface area contributed by atoms with Gasteiger partial charge in [0.15, 0.2) is 0 Å². The van der Waals surface area contributed by atoms with E-state index in [0.29, 0.717) is 61.5 Å². The van der Waals surface area contributed by atoms with Crippen LogP contribution in [0.25, 0.3) is 11.1 Å². The molecule has 2 heterocycles. The highest BCUT2D eigenvalue weighted by Crippen LogP contribution is 2.25. The van der Waals surface area contributed by atoms with E-state index in [1.54, 1.807) is 35.5 Å². The largest absolute Gasteiger partial charge is 0.378 e. The van der Waals surface area contributed by atoms with Gasteiger partial charge in [-0.1, -0.05) is 24.3 Å². The number of carbonyl (C=O) groups excluding carboxylic acids is 2. The summed E-state index contributed by atoms with van der Waals surface area (Å²) in [5.41, 5.74) is 3.33. The van der Waals surface area contributed by atoms with Gasteiger partial charge in [0.05, 0.1) is 25.1 Å². The highest BCUT2D eigenvalue weighted by molar-refractivity contribution is 5.95. The van der Waals surface area contributed by atoms with Crippen LogP contribution in [0.5, 0.6) is 0 Å². The first-order chi connectivity index (χ1) is 16.1. The van der Waals surface area contributed by atoms with Gasteiger partial charge in [0.2, 0.25) is 5.91 Å². The van der Waals surface area contributed by atoms with Crippen molar-refractivity contribution in [3.8, 4) is 11.1 Å². The number of hydrogen-bond donors (Lipinski definition) is 1. The minimum absolute atomic E-state index is 0.0524. The summed E-state index contributed by atoms with van der Waals surface area (Å²) in [5.74, 6) is -0.530. The molecule has 0 aliphatic carbocycles. The van der Waals surface area contributed by atoms with Crippen LogP contribution in [0.4, 0.5) is 10.1 Å². The minimum atomic E-state index is -0.367.